The van der Waals surface area contributed by atoms with Gasteiger partial charge < -0.3 is 9.84 Å². The van der Waals surface area contributed by atoms with Crippen LogP contribution in [0.4, 0.5) is 0 Å². The van der Waals surface area contributed by atoms with Gasteiger partial charge in [-0.1, -0.05) is 13.3 Å². The topological polar surface area (TPSA) is 93.1 Å². The first kappa shape index (κ1) is 20.8. The number of imide groups is 1. The zero-order valence-electron chi connectivity index (χ0n) is 16.2. The Kier molecular flexibility index (Phi) is 6.45. The van der Waals surface area contributed by atoms with Crippen LogP contribution in [0.2, 0.25) is 0 Å². The van der Waals surface area contributed by atoms with Gasteiger partial charge in [0.05, 0.1) is 5.41 Å². The molecule has 1 unspecified atom stereocenters. The van der Waals surface area contributed by atoms with Crippen molar-refractivity contribution in [3.05, 3.63) is 0 Å². The first-order valence-electron chi connectivity index (χ1n) is 9.45. The van der Waals surface area contributed by atoms with Crippen molar-refractivity contribution in [2.45, 2.75) is 91.5 Å². The van der Waals surface area contributed by atoms with E-state index < -0.39 is 28.9 Å². The number of aliphatic hydroxyl groups is 1. The fourth-order valence-corrected chi connectivity index (χ4v) is 3.25. The van der Waals surface area contributed by atoms with Crippen LogP contribution in [0.1, 0.15) is 79.1 Å². The van der Waals surface area contributed by atoms with Gasteiger partial charge in [-0.25, -0.2) is 4.84 Å². The molecule has 0 spiro atoms. The molecule has 0 aromatic heterocycles. The van der Waals surface area contributed by atoms with Crippen molar-refractivity contribution in [1.82, 2.24) is 5.06 Å². The number of carbonyl (C=O) groups is 3. The van der Waals surface area contributed by atoms with Gasteiger partial charge in [0.15, 0.2) is 6.29 Å². The Hall–Kier alpha value is -1.47. The normalized spacial score (nSPS) is 29.3. The Morgan fingerprint density at radius 1 is 1.15 bits per heavy atom. The highest BCUT2D eigenvalue weighted by molar-refractivity contribution is 6.00. The molecular formula is C19H31NO6. The third kappa shape index (κ3) is 5.04. The molecule has 7 heteroatoms. The molecule has 0 aromatic carbocycles. The lowest BCUT2D eigenvalue weighted by Crippen LogP contribution is -2.43. The molecule has 1 aliphatic carbocycles. The maximum absolute atomic E-state index is 12.2. The summed E-state index contributed by atoms with van der Waals surface area (Å²) in [5.74, 6) is -1.06. The summed E-state index contributed by atoms with van der Waals surface area (Å²) in [4.78, 5) is 40.9. The number of esters is 1. The molecule has 1 heterocycles. The Morgan fingerprint density at radius 2 is 1.77 bits per heavy atom. The van der Waals surface area contributed by atoms with Gasteiger partial charge in [0.25, 0.3) is 11.8 Å². The third-order valence-corrected chi connectivity index (χ3v) is 5.25. The Balaban J connectivity index is 1.98. The minimum absolute atomic E-state index is 0.118. The van der Waals surface area contributed by atoms with Crippen LogP contribution in [0, 0.1) is 10.8 Å². The first-order chi connectivity index (χ1) is 12.0. The average Bonchev–Trinajstić information content (AvgIpc) is 2.85. The molecule has 0 bridgehead atoms. The second kappa shape index (κ2) is 8.05. The van der Waals surface area contributed by atoms with E-state index in [4.69, 9.17) is 9.57 Å². The highest BCUT2D eigenvalue weighted by Crippen LogP contribution is 2.39. The number of hydrogen-bond donors (Lipinski definition) is 1. The van der Waals surface area contributed by atoms with Crippen molar-refractivity contribution in [2.24, 2.45) is 10.8 Å². The molecule has 26 heavy (non-hydrogen) atoms. The molecule has 2 fully saturated rings. The van der Waals surface area contributed by atoms with Crippen molar-refractivity contribution in [3.63, 3.8) is 0 Å². The molecule has 2 rings (SSSR count). The number of aliphatic hydroxyl groups excluding tert-OH is 1. The number of amides is 2. The molecule has 148 valence electrons. The molecule has 1 N–H and O–H groups in total. The quantitative estimate of drug-likeness (QED) is 0.465. The lowest BCUT2D eigenvalue weighted by atomic mass is 9.76. The van der Waals surface area contributed by atoms with Crippen LogP contribution in [-0.2, 0) is 24.0 Å². The predicted octanol–water partition coefficient (Wildman–Crippen LogP) is 2.70. The SMILES string of the molecule is CC(C)(C)C(=O)O[C@@H]1CCCC[C@](C)(C(O)ON2C(=O)CCC2=O)CC1. The van der Waals surface area contributed by atoms with Gasteiger partial charge in [0, 0.05) is 18.3 Å². The summed E-state index contributed by atoms with van der Waals surface area (Å²) in [6.45, 7) is 7.36. The molecule has 0 aromatic rings. The van der Waals surface area contributed by atoms with Gasteiger partial charge in [-0.2, -0.15) is 5.06 Å². The van der Waals surface area contributed by atoms with Crippen LogP contribution in [0.5, 0.6) is 0 Å². The monoisotopic (exact) mass is 369 g/mol. The summed E-state index contributed by atoms with van der Waals surface area (Å²) in [6.07, 6.45) is 3.22. The van der Waals surface area contributed by atoms with E-state index in [1.54, 1.807) is 0 Å². The zero-order chi connectivity index (χ0) is 19.5. The van der Waals surface area contributed by atoms with E-state index in [2.05, 4.69) is 0 Å². The van der Waals surface area contributed by atoms with Gasteiger partial charge in [-0.3, -0.25) is 14.4 Å². The molecule has 2 amide bonds. The second-order valence-electron chi connectivity index (χ2n) is 8.76. The van der Waals surface area contributed by atoms with E-state index in [0.717, 1.165) is 19.3 Å². The number of nitrogens with zero attached hydrogens (tertiary/aromatic N) is 1. The van der Waals surface area contributed by atoms with Crippen molar-refractivity contribution in [3.8, 4) is 0 Å². The molecule has 0 radical (unpaired) electrons. The lowest BCUT2D eigenvalue weighted by Gasteiger charge is -2.38. The standard InChI is InChI=1S/C19H31NO6/c1-18(2,3)16(23)25-13-7-5-6-11-19(4,12-10-13)17(24)26-20-14(21)8-9-15(20)22/h13,17,24H,5-12H2,1-4H3/t13-,17?,19+/m1/s1. The Morgan fingerprint density at radius 3 is 2.35 bits per heavy atom. The van der Waals surface area contributed by atoms with Crippen LogP contribution >= 0.6 is 0 Å². The zero-order valence-corrected chi connectivity index (χ0v) is 16.2. The van der Waals surface area contributed by atoms with Crippen molar-refractivity contribution in [1.29, 1.82) is 0 Å². The number of rotatable bonds is 4. The Bertz CT molecular complexity index is 539. The van der Waals surface area contributed by atoms with Gasteiger partial charge in [-0.05, 0) is 52.9 Å². The summed E-state index contributed by atoms with van der Waals surface area (Å²) in [5, 5.41) is 11.3. The minimum atomic E-state index is -1.26. The largest absolute Gasteiger partial charge is 0.462 e. The Labute approximate surface area is 155 Å². The van der Waals surface area contributed by atoms with E-state index in [0.29, 0.717) is 24.3 Å². The molecular weight excluding hydrogens is 338 g/mol. The van der Waals surface area contributed by atoms with Crippen molar-refractivity contribution < 1.29 is 29.1 Å². The van der Waals surface area contributed by atoms with Crippen LogP contribution in [0.25, 0.3) is 0 Å². The number of carbonyl (C=O) groups excluding carboxylic acids is 3. The van der Waals surface area contributed by atoms with E-state index in [1.165, 1.54) is 0 Å². The highest BCUT2D eigenvalue weighted by atomic mass is 16.8. The summed E-state index contributed by atoms with van der Waals surface area (Å²) in [5.41, 5.74) is -1.17. The molecule has 1 aliphatic heterocycles. The predicted molar refractivity (Wildman–Crippen MR) is 93.3 cm³/mol. The summed E-state index contributed by atoms with van der Waals surface area (Å²) >= 11 is 0. The molecule has 3 atom stereocenters. The molecule has 7 nitrogen and oxygen atoms in total. The second-order valence-corrected chi connectivity index (χ2v) is 8.76. The molecule has 1 saturated heterocycles. The lowest BCUT2D eigenvalue weighted by molar-refractivity contribution is -0.279. The van der Waals surface area contributed by atoms with Gasteiger partial charge >= 0.3 is 5.97 Å². The van der Waals surface area contributed by atoms with Crippen molar-refractivity contribution in [2.75, 3.05) is 0 Å². The maximum atomic E-state index is 12.2. The third-order valence-electron chi connectivity index (χ3n) is 5.25. The van der Waals surface area contributed by atoms with Crippen LogP contribution < -0.4 is 0 Å². The summed E-state index contributed by atoms with van der Waals surface area (Å²) < 4.78 is 5.65. The molecule has 1 saturated carbocycles. The number of hydrogen-bond acceptors (Lipinski definition) is 6. The number of ether oxygens (including phenoxy) is 1. The van der Waals surface area contributed by atoms with Crippen LogP contribution in [0.15, 0.2) is 0 Å². The fraction of sp³-hybridized carbons (Fsp3) is 0.842. The van der Waals surface area contributed by atoms with Crippen molar-refractivity contribution >= 4 is 17.8 Å². The summed E-state index contributed by atoms with van der Waals surface area (Å²) in [6, 6.07) is 0. The highest BCUT2D eigenvalue weighted by Gasteiger charge is 2.41. The van der Waals surface area contributed by atoms with E-state index in [1.807, 2.05) is 27.7 Å². The van der Waals surface area contributed by atoms with E-state index in [-0.39, 0.29) is 24.9 Å². The van der Waals surface area contributed by atoms with E-state index >= 15 is 0 Å². The maximum Gasteiger partial charge on any atom is 0.311 e. The minimum Gasteiger partial charge on any atom is -0.462 e. The fourth-order valence-electron chi connectivity index (χ4n) is 3.25. The van der Waals surface area contributed by atoms with Crippen LogP contribution in [0.3, 0.4) is 0 Å². The van der Waals surface area contributed by atoms with Gasteiger partial charge in [0.2, 0.25) is 0 Å². The first-order valence-corrected chi connectivity index (χ1v) is 9.45. The molecule has 2 aliphatic rings. The number of hydroxylamine groups is 2. The van der Waals surface area contributed by atoms with Crippen LogP contribution in [-0.4, -0.2) is 40.3 Å². The average molecular weight is 369 g/mol. The van der Waals surface area contributed by atoms with Gasteiger partial charge in [0.1, 0.15) is 6.10 Å². The summed E-state index contributed by atoms with van der Waals surface area (Å²) in [7, 11) is 0. The smallest absolute Gasteiger partial charge is 0.311 e. The van der Waals surface area contributed by atoms with E-state index in [9.17, 15) is 19.5 Å². The van der Waals surface area contributed by atoms with Gasteiger partial charge in [-0.15, -0.1) is 0 Å².